The van der Waals surface area contributed by atoms with Crippen LogP contribution >= 0.6 is 23.4 Å². The number of nitrogens with one attached hydrogen (secondary N) is 1. The van der Waals surface area contributed by atoms with Gasteiger partial charge >= 0.3 is 0 Å². The van der Waals surface area contributed by atoms with Gasteiger partial charge in [-0.2, -0.15) is 0 Å². The molecular weight excluding hydrogens is 342 g/mol. The molecule has 1 aromatic heterocycles. The van der Waals surface area contributed by atoms with Gasteiger partial charge in [0.1, 0.15) is 0 Å². The number of carbonyl (C=O) groups excluding carboxylic acids is 1. The van der Waals surface area contributed by atoms with Gasteiger partial charge in [-0.1, -0.05) is 23.7 Å². The highest BCUT2D eigenvalue weighted by Crippen LogP contribution is 2.17. The molecule has 3 aromatic rings. The van der Waals surface area contributed by atoms with Crippen molar-refractivity contribution in [2.75, 3.05) is 11.1 Å². The Balaban J connectivity index is 1.47. The van der Waals surface area contributed by atoms with E-state index in [9.17, 15) is 4.79 Å². The average Bonchev–Trinajstić information content (AvgIpc) is 3.12. The van der Waals surface area contributed by atoms with Crippen molar-refractivity contribution in [3.05, 3.63) is 77.8 Å². The van der Waals surface area contributed by atoms with Crippen molar-refractivity contribution in [2.45, 2.75) is 5.75 Å². The first-order valence-electron chi connectivity index (χ1n) is 7.41. The summed E-state index contributed by atoms with van der Waals surface area (Å²) in [6, 6.07) is 15.3. The van der Waals surface area contributed by atoms with E-state index in [-0.39, 0.29) is 5.91 Å². The summed E-state index contributed by atoms with van der Waals surface area (Å²) in [6.07, 6.45) is 5.34. The van der Waals surface area contributed by atoms with Crippen LogP contribution in [-0.2, 0) is 10.5 Å². The minimum atomic E-state index is -0.00987. The molecule has 0 spiro atoms. The van der Waals surface area contributed by atoms with Gasteiger partial charge < -0.3 is 9.88 Å². The molecular formula is C18H16ClN3OS. The van der Waals surface area contributed by atoms with E-state index in [0.717, 1.165) is 27.7 Å². The van der Waals surface area contributed by atoms with Crippen molar-refractivity contribution in [3.63, 3.8) is 0 Å². The number of amides is 1. The summed E-state index contributed by atoms with van der Waals surface area (Å²) in [5.41, 5.74) is 2.94. The molecule has 0 bridgehead atoms. The molecule has 122 valence electrons. The molecule has 0 saturated heterocycles. The number of aromatic nitrogens is 2. The average molecular weight is 358 g/mol. The molecule has 0 aliphatic rings. The molecule has 6 heteroatoms. The largest absolute Gasteiger partial charge is 0.325 e. The maximum absolute atomic E-state index is 12.0. The van der Waals surface area contributed by atoms with Crippen LogP contribution in [0.3, 0.4) is 0 Å². The van der Waals surface area contributed by atoms with Gasteiger partial charge in [0.25, 0.3) is 0 Å². The first kappa shape index (κ1) is 16.6. The Morgan fingerprint density at radius 1 is 1.12 bits per heavy atom. The lowest BCUT2D eigenvalue weighted by Gasteiger charge is -2.07. The van der Waals surface area contributed by atoms with Crippen molar-refractivity contribution in [1.82, 2.24) is 9.55 Å². The number of benzene rings is 2. The molecule has 2 aromatic carbocycles. The van der Waals surface area contributed by atoms with Gasteiger partial charge in [0.15, 0.2) is 0 Å². The number of halogens is 1. The lowest BCUT2D eigenvalue weighted by molar-refractivity contribution is -0.113. The number of carbonyl (C=O) groups is 1. The Labute approximate surface area is 149 Å². The zero-order chi connectivity index (χ0) is 16.8. The lowest BCUT2D eigenvalue weighted by atomic mass is 10.2. The number of hydrogen-bond donors (Lipinski definition) is 1. The van der Waals surface area contributed by atoms with Crippen LogP contribution in [-0.4, -0.2) is 21.2 Å². The van der Waals surface area contributed by atoms with E-state index >= 15 is 0 Å². The van der Waals surface area contributed by atoms with Crippen LogP contribution < -0.4 is 5.32 Å². The van der Waals surface area contributed by atoms with E-state index in [1.54, 1.807) is 24.3 Å². The van der Waals surface area contributed by atoms with Gasteiger partial charge in [0.2, 0.25) is 5.91 Å². The molecule has 0 saturated carbocycles. The molecule has 3 rings (SSSR count). The minimum absolute atomic E-state index is 0.00987. The molecule has 0 fully saturated rings. The van der Waals surface area contributed by atoms with Crippen molar-refractivity contribution in [3.8, 4) is 5.69 Å². The van der Waals surface area contributed by atoms with E-state index < -0.39 is 0 Å². The third-order valence-corrected chi connectivity index (χ3v) is 4.62. The Morgan fingerprint density at radius 2 is 1.88 bits per heavy atom. The highest BCUT2D eigenvalue weighted by atomic mass is 35.5. The zero-order valence-electron chi connectivity index (χ0n) is 12.9. The topological polar surface area (TPSA) is 46.9 Å². The number of hydrogen-bond acceptors (Lipinski definition) is 3. The maximum Gasteiger partial charge on any atom is 0.234 e. The fourth-order valence-corrected chi connectivity index (χ4v) is 3.08. The molecule has 0 unspecified atom stereocenters. The quantitative estimate of drug-likeness (QED) is 0.711. The molecule has 24 heavy (non-hydrogen) atoms. The van der Waals surface area contributed by atoms with E-state index in [0.29, 0.717) is 5.75 Å². The molecule has 1 N–H and O–H groups in total. The van der Waals surface area contributed by atoms with Crippen molar-refractivity contribution in [2.24, 2.45) is 0 Å². The van der Waals surface area contributed by atoms with Crippen LogP contribution in [0.4, 0.5) is 5.69 Å². The van der Waals surface area contributed by atoms with Crippen LogP contribution in [0.2, 0.25) is 5.02 Å². The summed E-state index contributed by atoms with van der Waals surface area (Å²) in [5, 5.41) is 3.63. The summed E-state index contributed by atoms with van der Waals surface area (Å²) in [4.78, 5) is 16.0. The monoisotopic (exact) mass is 357 g/mol. The van der Waals surface area contributed by atoms with Gasteiger partial charge in [-0.15, -0.1) is 11.8 Å². The Morgan fingerprint density at radius 3 is 2.54 bits per heavy atom. The zero-order valence-corrected chi connectivity index (χ0v) is 14.4. The number of imidazole rings is 1. The van der Waals surface area contributed by atoms with Crippen LogP contribution in [0.15, 0.2) is 67.3 Å². The summed E-state index contributed by atoms with van der Waals surface area (Å²) < 4.78 is 1.91. The minimum Gasteiger partial charge on any atom is -0.325 e. The Kier molecular flexibility index (Phi) is 5.56. The van der Waals surface area contributed by atoms with Crippen LogP contribution in [0, 0.1) is 0 Å². The summed E-state index contributed by atoms with van der Waals surface area (Å²) >= 11 is 7.43. The van der Waals surface area contributed by atoms with E-state index in [2.05, 4.69) is 10.3 Å². The number of thioether (sulfide) groups is 1. The summed E-state index contributed by atoms with van der Waals surface area (Å²) in [5.74, 6) is 1.18. The SMILES string of the molecule is O=C(CSCc1ccc(Cl)cc1)Nc1ccc(-n2ccnc2)cc1. The van der Waals surface area contributed by atoms with Crippen LogP contribution in [0.1, 0.15) is 5.56 Å². The predicted octanol–water partition coefficient (Wildman–Crippen LogP) is 4.40. The third kappa shape index (κ3) is 4.63. The van der Waals surface area contributed by atoms with Gasteiger partial charge in [-0.3, -0.25) is 4.79 Å². The van der Waals surface area contributed by atoms with Crippen molar-refractivity contribution in [1.29, 1.82) is 0 Å². The second kappa shape index (κ2) is 8.04. The number of rotatable bonds is 6. The summed E-state index contributed by atoms with van der Waals surface area (Å²) in [6.45, 7) is 0. The van der Waals surface area contributed by atoms with Crippen molar-refractivity contribution < 1.29 is 4.79 Å². The Bertz CT molecular complexity index is 786. The Hall–Kier alpha value is -2.24. The third-order valence-electron chi connectivity index (χ3n) is 3.37. The fourth-order valence-electron chi connectivity index (χ4n) is 2.17. The highest BCUT2D eigenvalue weighted by Gasteiger charge is 2.04. The fraction of sp³-hybridized carbons (Fsp3) is 0.111. The normalized spacial score (nSPS) is 10.5. The predicted molar refractivity (Wildman–Crippen MR) is 99.8 cm³/mol. The van der Waals surface area contributed by atoms with E-state index in [1.807, 2.05) is 59.3 Å². The first-order valence-corrected chi connectivity index (χ1v) is 8.94. The van der Waals surface area contributed by atoms with Gasteiger partial charge in [-0.05, 0) is 42.0 Å². The van der Waals surface area contributed by atoms with E-state index in [4.69, 9.17) is 11.6 Å². The smallest absolute Gasteiger partial charge is 0.234 e. The van der Waals surface area contributed by atoms with E-state index in [1.165, 1.54) is 0 Å². The first-order chi connectivity index (χ1) is 11.7. The molecule has 1 amide bonds. The van der Waals surface area contributed by atoms with Gasteiger partial charge in [-0.25, -0.2) is 4.98 Å². The molecule has 4 nitrogen and oxygen atoms in total. The molecule has 0 aliphatic carbocycles. The van der Waals surface area contributed by atoms with Crippen LogP contribution in [0.5, 0.6) is 0 Å². The van der Waals surface area contributed by atoms with Crippen molar-refractivity contribution >= 4 is 35.0 Å². The highest BCUT2D eigenvalue weighted by molar-refractivity contribution is 7.99. The molecule has 1 heterocycles. The molecule has 0 radical (unpaired) electrons. The number of anilines is 1. The molecule has 0 atom stereocenters. The van der Waals surface area contributed by atoms with Gasteiger partial charge in [0, 0.05) is 34.5 Å². The maximum atomic E-state index is 12.0. The molecule has 0 aliphatic heterocycles. The lowest BCUT2D eigenvalue weighted by Crippen LogP contribution is -2.14. The summed E-state index contributed by atoms with van der Waals surface area (Å²) in [7, 11) is 0. The second-order valence-electron chi connectivity index (χ2n) is 5.18. The van der Waals surface area contributed by atoms with Gasteiger partial charge in [0.05, 0.1) is 12.1 Å². The number of nitrogens with zero attached hydrogens (tertiary/aromatic N) is 2. The second-order valence-corrected chi connectivity index (χ2v) is 6.61. The van der Waals surface area contributed by atoms with Crippen LogP contribution in [0.25, 0.3) is 5.69 Å². The standard InChI is InChI=1S/C18H16ClN3OS/c19-15-3-1-14(2-4-15)11-24-12-18(23)21-16-5-7-17(8-6-16)22-10-9-20-13-22/h1-10,13H,11-12H2,(H,21,23).